The van der Waals surface area contributed by atoms with Gasteiger partial charge in [0.25, 0.3) is 0 Å². The van der Waals surface area contributed by atoms with Gasteiger partial charge in [0, 0.05) is 18.0 Å². The van der Waals surface area contributed by atoms with Crippen LogP contribution in [0.25, 0.3) is 10.8 Å². The first-order valence-corrected chi connectivity index (χ1v) is 6.69. The zero-order valence-electron chi connectivity index (χ0n) is 12.2. The molecule has 20 heavy (non-hydrogen) atoms. The van der Waals surface area contributed by atoms with E-state index in [2.05, 4.69) is 31.3 Å². The first-order valence-electron chi connectivity index (χ1n) is 6.69. The van der Waals surface area contributed by atoms with E-state index in [4.69, 9.17) is 4.74 Å². The summed E-state index contributed by atoms with van der Waals surface area (Å²) in [6.45, 7) is 4.95. The molecule has 0 fully saturated rings. The zero-order valence-corrected chi connectivity index (χ0v) is 17.7. The Morgan fingerprint density at radius 3 is 2.55 bits per heavy atom. The molecule has 0 saturated carbocycles. The predicted octanol–water partition coefficient (Wildman–Crippen LogP) is 1.66. The van der Waals surface area contributed by atoms with Crippen LogP contribution in [0.1, 0.15) is 13.8 Å². The molecule has 0 amide bonds. The van der Waals surface area contributed by atoms with Crippen molar-refractivity contribution in [2.45, 2.75) is 26.0 Å². The molecule has 108 valence electrons. The first kappa shape index (κ1) is 17.4. The molecule has 1 unspecified atom stereocenters. The molecule has 1 atom stereocenters. The Balaban J connectivity index is 0.00000200. The van der Waals surface area contributed by atoms with Gasteiger partial charge in [-0.1, -0.05) is 50.2 Å². The van der Waals surface area contributed by atoms with Crippen LogP contribution >= 0.6 is 0 Å². The molecule has 0 spiro atoms. The summed E-state index contributed by atoms with van der Waals surface area (Å²) in [7, 11) is 0. The molecular formula is C16H23NO2Pb. The summed E-state index contributed by atoms with van der Waals surface area (Å²) in [5.74, 6) is 0.821. The summed E-state index contributed by atoms with van der Waals surface area (Å²) >= 11 is 0. The maximum absolute atomic E-state index is 9.84. The summed E-state index contributed by atoms with van der Waals surface area (Å²) in [5, 5.41) is 15.3. The Kier molecular flexibility index (Phi) is 7.47. The van der Waals surface area contributed by atoms with Gasteiger partial charge in [-0.05, 0) is 11.5 Å². The van der Waals surface area contributed by atoms with Crippen molar-refractivity contribution in [2.24, 2.45) is 0 Å². The number of nitrogens with one attached hydrogen (secondary N) is 1. The van der Waals surface area contributed by atoms with Gasteiger partial charge < -0.3 is 15.2 Å². The maximum atomic E-state index is 9.84. The number of benzene rings is 2. The normalized spacial score (nSPS) is 12.2. The third-order valence-corrected chi connectivity index (χ3v) is 2.94. The predicted molar refractivity (Wildman–Crippen MR) is 87.1 cm³/mol. The van der Waals surface area contributed by atoms with Crippen molar-refractivity contribution in [1.29, 1.82) is 0 Å². The molecule has 0 aromatic heterocycles. The number of rotatable bonds is 6. The quantitative estimate of drug-likeness (QED) is 0.634. The molecule has 3 nitrogen and oxygen atoms in total. The molecule has 0 saturated heterocycles. The number of aliphatic hydroxyl groups excluding tert-OH is 1. The first-order chi connectivity index (χ1) is 9.16. The SMILES string of the molecule is CC(C)NCC(O)COc1cccc2ccccc12.[PbH2]. The second-order valence-electron chi connectivity index (χ2n) is 5.01. The van der Waals surface area contributed by atoms with Crippen LogP contribution < -0.4 is 10.1 Å². The molecule has 4 heteroatoms. The standard InChI is InChI=1S/C16H21NO2.Pb.2H/c1-12(2)17-10-14(18)11-19-16-9-5-7-13-6-3-4-8-15(13)16;;;/h3-9,12,14,17-18H,10-11H2,1-2H3;;;. The van der Waals surface area contributed by atoms with E-state index >= 15 is 0 Å². The van der Waals surface area contributed by atoms with E-state index in [1.807, 2.05) is 30.3 Å². The van der Waals surface area contributed by atoms with Gasteiger partial charge in [-0.15, -0.1) is 0 Å². The molecule has 2 N–H and O–H groups in total. The van der Waals surface area contributed by atoms with E-state index < -0.39 is 6.10 Å². The van der Waals surface area contributed by atoms with E-state index in [1.54, 1.807) is 0 Å². The van der Waals surface area contributed by atoms with Crippen LogP contribution in [0.5, 0.6) is 5.75 Å². The molecule has 2 aromatic carbocycles. The van der Waals surface area contributed by atoms with Crippen LogP contribution in [-0.4, -0.2) is 57.7 Å². The Hall–Kier alpha value is -0.658. The van der Waals surface area contributed by atoms with Crippen molar-refractivity contribution in [3.8, 4) is 5.75 Å². The molecule has 0 aliphatic rings. The Bertz CT molecular complexity index is 525. The van der Waals surface area contributed by atoms with Gasteiger partial charge in [-0.25, -0.2) is 0 Å². The van der Waals surface area contributed by atoms with Crippen LogP contribution in [0.2, 0.25) is 0 Å². The van der Waals surface area contributed by atoms with Gasteiger partial charge in [0.05, 0.1) is 0 Å². The van der Waals surface area contributed by atoms with Crippen LogP contribution in [0.3, 0.4) is 0 Å². The van der Waals surface area contributed by atoms with E-state index in [-0.39, 0.29) is 27.3 Å². The summed E-state index contributed by atoms with van der Waals surface area (Å²) in [4.78, 5) is 0. The molecule has 0 bridgehead atoms. The Morgan fingerprint density at radius 1 is 1.10 bits per heavy atom. The van der Waals surface area contributed by atoms with Crippen molar-refractivity contribution in [3.63, 3.8) is 0 Å². The number of hydrogen-bond acceptors (Lipinski definition) is 3. The van der Waals surface area contributed by atoms with Gasteiger partial charge in [0.2, 0.25) is 0 Å². The number of ether oxygens (including phenoxy) is 1. The second-order valence-corrected chi connectivity index (χ2v) is 5.01. The fourth-order valence-corrected chi connectivity index (χ4v) is 1.94. The van der Waals surface area contributed by atoms with Gasteiger partial charge in [-0.3, -0.25) is 0 Å². The average Bonchev–Trinajstić information content (AvgIpc) is 2.42. The number of aliphatic hydroxyl groups is 1. The molecular weight excluding hydrogens is 445 g/mol. The van der Waals surface area contributed by atoms with E-state index in [0.29, 0.717) is 19.2 Å². The van der Waals surface area contributed by atoms with Crippen LogP contribution in [0.15, 0.2) is 42.5 Å². The van der Waals surface area contributed by atoms with E-state index in [0.717, 1.165) is 16.5 Å². The topological polar surface area (TPSA) is 41.5 Å². The minimum atomic E-state index is -0.499. The van der Waals surface area contributed by atoms with Gasteiger partial charge in [-0.2, -0.15) is 0 Å². The van der Waals surface area contributed by atoms with E-state index in [1.165, 1.54) is 0 Å². The molecule has 0 aliphatic carbocycles. The van der Waals surface area contributed by atoms with Crippen molar-refractivity contribution in [3.05, 3.63) is 42.5 Å². The summed E-state index contributed by atoms with van der Waals surface area (Å²) in [6.07, 6.45) is -0.499. The van der Waals surface area contributed by atoms with Crippen molar-refractivity contribution < 1.29 is 9.84 Å². The van der Waals surface area contributed by atoms with Crippen molar-refractivity contribution in [2.75, 3.05) is 13.2 Å². The van der Waals surface area contributed by atoms with Gasteiger partial charge in [0.1, 0.15) is 18.5 Å². The van der Waals surface area contributed by atoms with Crippen LogP contribution in [-0.2, 0) is 0 Å². The summed E-state index contributed by atoms with van der Waals surface area (Å²) in [6, 6.07) is 14.4. The summed E-state index contributed by atoms with van der Waals surface area (Å²) in [5.41, 5.74) is 0. The molecule has 0 aliphatic heterocycles. The molecule has 0 heterocycles. The fraction of sp³-hybridized carbons (Fsp3) is 0.375. The van der Waals surface area contributed by atoms with Crippen LogP contribution in [0.4, 0.5) is 0 Å². The second kappa shape index (κ2) is 8.59. The molecule has 2 rings (SSSR count). The van der Waals surface area contributed by atoms with Crippen molar-refractivity contribution >= 4 is 38.1 Å². The fourth-order valence-electron chi connectivity index (χ4n) is 1.94. The Labute approximate surface area is 140 Å². The minimum absolute atomic E-state index is 0. The van der Waals surface area contributed by atoms with Gasteiger partial charge >= 0.3 is 27.3 Å². The number of hydrogen-bond donors (Lipinski definition) is 2. The molecule has 2 radical (unpaired) electrons. The summed E-state index contributed by atoms with van der Waals surface area (Å²) < 4.78 is 5.72. The molecule has 2 aromatic rings. The number of fused-ring (bicyclic) bond motifs is 1. The van der Waals surface area contributed by atoms with Gasteiger partial charge in [0.15, 0.2) is 0 Å². The average molecular weight is 469 g/mol. The monoisotopic (exact) mass is 469 g/mol. The van der Waals surface area contributed by atoms with Crippen molar-refractivity contribution in [1.82, 2.24) is 5.32 Å². The Morgan fingerprint density at radius 2 is 1.80 bits per heavy atom. The van der Waals surface area contributed by atoms with E-state index in [9.17, 15) is 5.11 Å². The zero-order chi connectivity index (χ0) is 13.7. The van der Waals surface area contributed by atoms with Crippen LogP contribution in [0, 0.1) is 0 Å². The third-order valence-electron chi connectivity index (χ3n) is 2.94. The third kappa shape index (κ3) is 5.03.